The third kappa shape index (κ3) is 7.78. The molecule has 0 spiro atoms. The normalized spacial score (nSPS) is 14.7. The number of hydrogen-bond donors (Lipinski definition) is 2. The van der Waals surface area contributed by atoms with Crippen LogP contribution >= 0.6 is 12.2 Å². The van der Waals surface area contributed by atoms with Crippen molar-refractivity contribution in [2.24, 2.45) is 0 Å². The van der Waals surface area contributed by atoms with E-state index in [4.69, 9.17) is 17.0 Å². The number of thiocarbonyl (C=S) groups is 1. The van der Waals surface area contributed by atoms with Crippen LogP contribution in [0.4, 0.5) is 0 Å². The molecule has 1 aliphatic heterocycles. The molecule has 182 valence electrons. The summed E-state index contributed by atoms with van der Waals surface area (Å²) in [6, 6.07) is 6.22. The molecular weight excluding hydrogens is 434 g/mol. The van der Waals surface area contributed by atoms with E-state index < -0.39 is 0 Å². The maximum atomic E-state index is 12.9. The van der Waals surface area contributed by atoms with E-state index in [0.717, 1.165) is 92.5 Å². The number of pyridine rings is 1. The van der Waals surface area contributed by atoms with Gasteiger partial charge in [0, 0.05) is 49.2 Å². The number of nitrogens with zero attached hydrogens (tertiary/aromatic N) is 3. The Balaban J connectivity index is 1.71. The molecule has 3 rings (SSSR count). The van der Waals surface area contributed by atoms with Crippen LogP contribution in [0.25, 0.3) is 10.9 Å². The molecule has 33 heavy (non-hydrogen) atoms. The second-order valence-electron chi connectivity index (χ2n) is 9.28. The van der Waals surface area contributed by atoms with Gasteiger partial charge < -0.3 is 24.8 Å². The quantitative estimate of drug-likeness (QED) is 0.406. The largest absolute Gasteiger partial charge is 0.379 e. The fraction of sp³-hybridized carbons (Fsp3) is 0.600. The van der Waals surface area contributed by atoms with E-state index in [1.54, 1.807) is 0 Å². The van der Waals surface area contributed by atoms with Crippen LogP contribution in [0, 0.1) is 13.8 Å². The first-order chi connectivity index (χ1) is 15.8. The van der Waals surface area contributed by atoms with Gasteiger partial charge in [-0.3, -0.25) is 9.69 Å². The fourth-order valence-corrected chi connectivity index (χ4v) is 4.56. The van der Waals surface area contributed by atoms with Crippen LogP contribution in [-0.4, -0.2) is 91.4 Å². The van der Waals surface area contributed by atoms with Crippen molar-refractivity contribution in [1.29, 1.82) is 0 Å². The SMILES string of the molecule is Cc1cc(C)c2cc(CN(CCCN3CCOCC3)C(=S)NCCCN(C)C)c(=O)[nH]c2c1. The van der Waals surface area contributed by atoms with Crippen LogP contribution in [-0.2, 0) is 11.3 Å². The predicted octanol–water partition coefficient (Wildman–Crippen LogP) is 2.50. The highest BCUT2D eigenvalue weighted by Crippen LogP contribution is 2.19. The van der Waals surface area contributed by atoms with Crippen LogP contribution in [0.2, 0.25) is 0 Å². The molecule has 1 aromatic heterocycles. The molecule has 2 N–H and O–H groups in total. The Morgan fingerprint density at radius 1 is 1.15 bits per heavy atom. The van der Waals surface area contributed by atoms with E-state index in [9.17, 15) is 4.79 Å². The second kappa shape index (κ2) is 12.5. The minimum Gasteiger partial charge on any atom is -0.379 e. The topological polar surface area (TPSA) is 63.8 Å². The molecule has 2 heterocycles. The van der Waals surface area contributed by atoms with Gasteiger partial charge in [0.1, 0.15) is 0 Å². The molecule has 0 unspecified atom stereocenters. The number of fused-ring (bicyclic) bond motifs is 1. The fourth-order valence-electron chi connectivity index (χ4n) is 4.30. The summed E-state index contributed by atoms with van der Waals surface area (Å²) in [6.07, 6.45) is 2.01. The van der Waals surface area contributed by atoms with Crippen molar-refractivity contribution in [3.8, 4) is 0 Å². The zero-order valence-corrected chi connectivity index (χ0v) is 21.4. The molecule has 2 aromatic rings. The highest BCUT2D eigenvalue weighted by atomic mass is 32.1. The second-order valence-corrected chi connectivity index (χ2v) is 9.67. The van der Waals surface area contributed by atoms with Gasteiger partial charge in [0.15, 0.2) is 5.11 Å². The lowest BCUT2D eigenvalue weighted by atomic mass is 10.0. The Labute approximate surface area is 203 Å². The van der Waals surface area contributed by atoms with E-state index in [1.165, 1.54) is 5.56 Å². The molecule has 8 heteroatoms. The summed E-state index contributed by atoms with van der Waals surface area (Å²) in [5, 5.41) is 5.22. The molecule has 0 atom stereocenters. The van der Waals surface area contributed by atoms with Gasteiger partial charge in [-0.25, -0.2) is 0 Å². The van der Waals surface area contributed by atoms with Crippen LogP contribution in [0.15, 0.2) is 23.0 Å². The summed E-state index contributed by atoms with van der Waals surface area (Å²) in [6.45, 7) is 11.9. The van der Waals surface area contributed by atoms with E-state index in [2.05, 4.69) is 59.0 Å². The molecule has 0 saturated carbocycles. The Bertz CT molecular complexity index is 985. The number of aryl methyl sites for hydroxylation is 2. The number of ether oxygens (including phenoxy) is 1. The van der Waals surface area contributed by atoms with Crippen molar-refractivity contribution in [3.05, 3.63) is 45.2 Å². The molecule has 1 saturated heterocycles. The average Bonchev–Trinajstić information content (AvgIpc) is 2.77. The van der Waals surface area contributed by atoms with Gasteiger partial charge in [0.25, 0.3) is 5.56 Å². The minimum atomic E-state index is -0.0407. The zero-order chi connectivity index (χ0) is 23.8. The van der Waals surface area contributed by atoms with Crippen molar-refractivity contribution in [1.82, 2.24) is 25.0 Å². The standard InChI is InChI=1S/C25H39N5O2S/c1-19-15-20(2)22-17-21(24(31)27-23(22)16-19)18-30(25(33)26-7-5-8-28(3)4)10-6-9-29-11-13-32-14-12-29/h15-17H,5-14,18H2,1-4H3,(H,26,33)(H,27,31). The molecule has 7 nitrogen and oxygen atoms in total. The van der Waals surface area contributed by atoms with E-state index in [-0.39, 0.29) is 5.56 Å². The van der Waals surface area contributed by atoms with Gasteiger partial charge in [-0.2, -0.15) is 0 Å². The zero-order valence-electron chi connectivity index (χ0n) is 20.6. The number of aromatic nitrogens is 1. The minimum absolute atomic E-state index is 0.0407. The van der Waals surface area contributed by atoms with Crippen molar-refractivity contribution in [3.63, 3.8) is 0 Å². The summed E-state index contributed by atoms with van der Waals surface area (Å²) in [4.78, 5) is 22.7. The van der Waals surface area contributed by atoms with Gasteiger partial charge >= 0.3 is 0 Å². The number of nitrogens with one attached hydrogen (secondary N) is 2. The molecule has 0 aliphatic carbocycles. The Morgan fingerprint density at radius 2 is 1.91 bits per heavy atom. The molecule has 0 radical (unpaired) electrons. The lowest BCUT2D eigenvalue weighted by Gasteiger charge is -2.29. The molecule has 1 aliphatic rings. The lowest BCUT2D eigenvalue weighted by Crippen LogP contribution is -2.43. The van der Waals surface area contributed by atoms with E-state index in [1.807, 2.05) is 12.1 Å². The third-order valence-electron chi connectivity index (χ3n) is 6.10. The number of hydrogen-bond acceptors (Lipinski definition) is 5. The number of rotatable bonds is 10. The summed E-state index contributed by atoms with van der Waals surface area (Å²) in [5.41, 5.74) is 3.92. The van der Waals surface area contributed by atoms with Crippen molar-refractivity contribution < 1.29 is 4.74 Å². The highest BCUT2D eigenvalue weighted by molar-refractivity contribution is 7.80. The van der Waals surface area contributed by atoms with Crippen LogP contribution in [0.1, 0.15) is 29.5 Å². The first kappa shape index (κ1) is 25.6. The molecule has 1 fully saturated rings. The summed E-state index contributed by atoms with van der Waals surface area (Å²) in [7, 11) is 4.15. The molecule has 0 bridgehead atoms. The Kier molecular flexibility index (Phi) is 9.67. The smallest absolute Gasteiger partial charge is 0.253 e. The van der Waals surface area contributed by atoms with Crippen molar-refractivity contribution in [2.75, 3.05) is 66.6 Å². The number of morpholine rings is 1. The van der Waals surface area contributed by atoms with Crippen LogP contribution < -0.4 is 10.9 Å². The monoisotopic (exact) mass is 473 g/mol. The van der Waals surface area contributed by atoms with Crippen molar-refractivity contribution >= 4 is 28.2 Å². The third-order valence-corrected chi connectivity index (χ3v) is 6.50. The predicted molar refractivity (Wildman–Crippen MR) is 140 cm³/mol. The van der Waals surface area contributed by atoms with Gasteiger partial charge in [-0.1, -0.05) is 6.07 Å². The first-order valence-corrected chi connectivity index (χ1v) is 12.3. The maximum Gasteiger partial charge on any atom is 0.253 e. The van der Waals surface area contributed by atoms with Crippen molar-refractivity contribution in [2.45, 2.75) is 33.2 Å². The van der Waals surface area contributed by atoms with Gasteiger partial charge in [0.05, 0.1) is 19.8 Å². The van der Waals surface area contributed by atoms with Gasteiger partial charge in [0.2, 0.25) is 0 Å². The van der Waals surface area contributed by atoms with Gasteiger partial charge in [-0.05, 0) is 82.8 Å². The average molecular weight is 474 g/mol. The highest BCUT2D eigenvalue weighted by Gasteiger charge is 2.16. The number of aromatic amines is 1. The molecule has 0 amide bonds. The molecule has 1 aromatic carbocycles. The van der Waals surface area contributed by atoms with E-state index in [0.29, 0.717) is 6.54 Å². The molecular formula is C25H39N5O2S. The first-order valence-electron chi connectivity index (χ1n) is 11.9. The Hall–Kier alpha value is -2.00. The maximum absolute atomic E-state index is 12.9. The number of H-pyrrole nitrogens is 1. The summed E-state index contributed by atoms with van der Waals surface area (Å²) < 4.78 is 5.46. The van der Waals surface area contributed by atoms with Crippen LogP contribution in [0.3, 0.4) is 0 Å². The summed E-state index contributed by atoms with van der Waals surface area (Å²) >= 11 is 5.76. The number of benzene rings is 1. The van der Waals surface area contributed by atoms with E-state index >= 15 is 0 Å². The lowest BCUT2D eigenvalue weighted by molar-refractivity contribution is 0.0367. The summed E-state index contributed by atoms with van der Waals surface area (Å²) in [5.74, 6) is 0. The van der Waals surface area contributed by atoms with Crippen LogP contribution in [0.5, 0.6) is 0 Å². The van der Waals surface area contributed by atoms with Gasteiger partial charge in [-0.15, -0.1) is 0 Å². The Morgan fingerprint density at radius 3 is 2.64 bits per heavy atom.